The van der Waals surface area contributed by atoms with E-state index < -0.39 is 0 Å². The highest BCUT2D eigenvalue weighted by atomic mass is 127. The number of hydrogen-bond donors (Lipinski definition) is 1. The first-order valence-corrected chi connectivity index (χ1v) is 9.45. The number of fused-ring (bicyclic) bond motifs is 1. The number of aliphatic hydroxyl groups is 1. The van der Waals surface area contributed by atoms with Crippen molar-refractivity contribution in [3.63, 3.8) is 0 Å². The lowest BCUT2D eigenvalue weighted by Crippen LogP contribution is -2.26. The molecule has 0 saturated carbocycles. The normalized spacial score (nSPS) is 13.9. The predicted molar refractivity (Wildman–Crippen MR) is 109 cm³/mol. The second kappa shape index (κ2) is 7.51. The second-order valence-electron chi connectivity index (χ2n) is 6.07. The number of hydrogen-bond acceptors (Lipinski definition) is 4. The Balaban J connectivity index is 1.96. The molecule has 0 atom stereocenters. The van der Waals surface area contributed by atoms with Crippen LogP contribution in [0, 0.1) is 6.92 Å². The Labute approximate surface area is 166 Å². The summed E-state index contributed by atoms with van der Waals surface area (Å²) in [5.74, 6) is 0.857. The van der Waals surface area contributed by atoms with Crippen LogP contribution in [0.3, 0.4) is 0 Å². The van der Waals surface area contributed by atoms with Crippen LogP contribution in [0.5, 0.6) is 5.75 Å². The fourth-order valence-electron chi connectivity index (χ4n) is 3.03. The number of allylic oxidation sites excluding steroid dienone is 1. The van der Waals surface area contributed by atoms with E-state index in [0.717, 1.165) is 32.8 Å². The van der Waals surface area contributed by atoms with Gasteiger partial charge in [-0.05, 0) is 54.1 Å². The molecule has 2 heterocycles. The summed E-state index contributed by atoms with van der Waals surface area (Å²) in [7, 11) is 1.67. The van der Waals surface area contributed by atoms with Gasteiger partial charge in [0.15, 0.2) is 0 Å². The van der Waals surface area contributed by atoms with E-state index in [9.17, 15) is 5.11 Å². The third-order valence-electron chi connectivity index (χ3n) is 4.56. The summed E-state index contributed by atoms with van der Waals surface area (Å²) in [5, 5.41) is 10.2. The number of ether oxygens (including phenoxy) is 1. The molecule has 0 unspecified atom stereocenters. The largest absolute Gasteiger partial charge is 0.497 e. The van der Waals surface area contributed by atoms with Crippen molar-refractivity contribution in [3.8, 4) is 5.75 Å². The molecule has 0 fully saturated rings. The van der Waals surface area contributed by atoms with E-state index in [4.69, 9.17) is 21.3 Å². The van der Waals surface area contributed by atoms with Crippen LogP contribution >= 0.6 is 34.2 Å². The van der Waals surface area contributed by atoms with Gasteiger partial charge < -0.3 is 14.7 Å². The Hall–Kier alpha value is -1.31. The number of aliphatic hydroxyl groups excluding tert-OH is 1. The van der Waals surface area contributed by atoms with Gasteiger partial charge in [-0.25, -0.2) is 0 Å². The van der Waals surface area contributed by atoms with Gasteiger partial charge in [-0.3, -0.25) is 4.98 Å². The quantitative estimate of drug-likeness (QED) is 0.659. The van der Waals surface area contributed by atoms with Gasteiger partial charge in [-0.15, -0.1) is 0 Å². The molecule has 6 heteroatoms. The molecule has 1 aliphatic heterocycles. The summed E-state index contributed by atoms with van der Waals surface area (Å²) in [6.45, 7) is 5.39. The van der Waals surface area contributed by atoms with E-state index in [0.29, 0.717) is 17.1 Å². The van der Waals surface area contributed by atoms with Gasteiger partial charge in [0, 0.05) is 32.6 Å². The van der Waals surface area contributed by atoms with Crippen LogP contribution < -0.4 is 4.74 Å². The molecule has 132 valence electrons. The Bertz CT molecular complexity index is 834. The smallest absolute Gasteiger partial charge is 0.118 e. The van der Waals surface area contributed by atoms with E-state index in [-0.39, 0.29) is 6.61 Å². The first-order valence-electron chi connectivity index (χ1n) is 7.99. The highest BCUT2D eigenvalue weighted by Gasteiger charge is 2.26. The van der Waals surface area contributed by atoms with Crippen LogP contribution in [0.15, 0.2) is 30.0 Å². The summed E-state index contributed by atoms with van der Waals surface area (Å²) >= 11 is 8.89. The van der Waals surface area contributed by atoms with E-state index in [1.165, 1.54) is 11.3 Å². The summed E-state index contributed by atoms with van der Waals surface area (Å²) in [6.07, 6.45) is 0. The van der Waals surface area contributed by atoms with Crippen molar-refractivity contribution < 1.29 is 9.84 Å². The van der Waals surface area contributed by atoms with Gasteiger partial charge in [0.2, 0.25) is 0 Å². The number of halogens is 2. The summed E-state index contributed by atoms with van der Waals surface area (Å²) < 4.78 is 6.31. The highest BCUT2D eigenvalue weighted by Crippen LogP contribution is 2.41. The van der Waals surface area contributed by atoms with Crippen molar-refractivity contribution in [3.05, 3.63) is 63.1 Å². The zero-order valence-corrected chi connectivity index (χ0v) is 17.3. The third-order valence-corrected chi connectivity index (χ3v) is 6.29. The molecule has 1 aliphatic rings. The van der Waals surface area contributed by atoms with Crippen molar-refractivity contribution in [1.82, 2.24) is 9.88 Å². The molecule has 1 aromatic heterocycles. The van der Waals surface area contributed by atoms with Crippen LogP contribution in [0.2, 0.25) is 5.02 Å². The lowest BCUT2D eigenvalue weighted by atomic mass is 10.0. The number of pyridine rings is 1. The highest BCUT2D eigenvalue weighted by molar-refractivity contribution is 14.1. The zero-order chi connectivity index (χ0) is 18.1. The zero-order valence-electron chi connectivity index (χ0n) is 14.4. The summed E-state index contributed by atoms with van der Waals surface area (Å²) in [4.78, 5) is 7.00. The standard InChI is InChI=1S/C19H20ClIN2O2/c1-11-15(10-24)18(20)17-16(22-11)9-23(12(2)19(17)21)8-13-4-6-14(25-3)7-5-13/h4-7,24H,8-10H2,1-3H3. The lowest BCUT2D eigenvalue weighted by molar-refractivity contribution is 0.280. The minimum Gasteiger partial charge on any atom is -0.497 e. The van der Waals surface area contributed by atoms with E-state index >= 15 is 0 Å². The number of methoxy groups -OCH3 is 1. The molecule has 2 aromatic rings. The minimum atomic E-state index is -0.0938. The maximum atomic E-state index is 9.58. The molecule has 0 spiro atoms. The molecule has 0 radical (unpaired) electrons. The van der Waals surface area contributed by atoms with Gasteiger partial charge in [0.1, 0.15) is 5.75 Å². The maximum absolute atomic E-state index is 9.58. The Kier molecular flexibility index (Phi) is 5.55. The van der Waals surface area contributed by atoms with Crippen molar-refractivity contribution >= 4 is 37.8 Å². The van der Waals surface area contributed by atoms with Gasteiger partial charge in [-0.1, -0.05) is 23.7 Å². The molecule has 0 aliphatic carbocycles. The number of nitrogens with zero attached hydrogens (tertiary/aromatic N) is 2. The Morgan fingerprint density at radius 2 is 1.96 bits per heavy atom. The molecule has 1 aromatic carbocycles. The van der Waals surface area contributed by atoms with Gasteiger partial charge in [0.05, 0.1) is 31.0 Å². The first-order chi connectivity index (χ1) is 12.0. The molecule has 0 bridgehead atoms. The topological polar surface area (TPSA) is 45.6 Å². The number of rotatable bonds is 4. The van der Waals surface area contributed by atoms with Crippen LogP contribution in [-0.2, 0) is 19.7 Å². The summed E-state index contributed by atoms with van der Waals surface area (Å²) in [5.41, 5.74) is 5.80. The number of aryl methyl sites for hydroxylation is 1. The number of benzene rings is 1. The van der Waals surface area contributed by atoms with Crippen molar-refractivity contribution in [2.24, 2.45) is 0 Å². The van der Waals surface area contributed by atoms with Gasteiger partial charge >= 0.3 is 0 Å². The number of aromatic nitrogens is 1. The van der Waals surface area contributed by atoms with E-state index in [1.807, 2.05) is 19.1 Å². The Morgan fingerprint density at radius 1 is 1.28 bits per heavy atom. The van der Waals surface area contributed by atoms with Crippen LogP contribution in [0.4, 0.5) is 0 Å². The molecule has 4 nitrogen and oxygen atoms in total. The summed E-state index contributed by atoms with van der Waals surface area (Å²) in [6, 6.07) is 8.11. The lowest BCUT2D eigenvalue weighted by Gasteiger charge is -2.32. The fraction of sp³-hybridized carbons (Fsp3) is 0.316. The maximum Gasteiger partial charge on any atom is 0.118 e. The van der Waals surface area contributed by atoms with Crippen molar-refractivity contribution in [2.75, 3.05) is 7.11 Å². The fourth-order valence-corrected chi connectivity index (χ4v) is 4.51. The average molecular weight is 471 g/mol. The molecule has 0 saturated heterocycles. The third kappa shape index (κ3) is 3.50. The predicted octanol–water partition coefficient (Wildman–Crippen LogP) is 4.68. The average Bonchev–Trinajstić information content (AvgIpc) is 2.60. The second-order valence-corrected chi connectivity index (χ2v) is 7.53. The van der Waals surface area contributed by atoms with E-state index in [1.54, 1.807) is 7.11 Å². The van der Waals surface area contributed by atoms with Crippen molar-refractivity contribution in [1.29, 1.82) is 0 Å². The van der Waals surface area contributed by atoms with Crippen LogP contribution in [-0.4, -0.2) is 22.1 Å². The monoisotopic (exact) mass is 470 g/mol. The van der Waals surface area contributed by atoms with Gasteiger partial charge in [-0.2, -0.15) is 0 Å². The molecular formula is C19H20ClIN2O2. The molecule has 25 heavy (non-hydrogen) atoms. The van der Waals surface area contributed by atoms with Crippen LogP contribution in [0.25, 0.3) is 3.58 Å². The molecule has 0 amide bonds. The molecule has 3 rings (SSSR count). The molecule has 1 N–H and O–H groups in total. The molecular weight excluding hydrogens is 451 g/mol. The first kappa shape index (κ1) is 18.5. The van der Waals surface area contributed by atoms with Gasteiger partial charge in [0.25, 0.3) is 0 Å². The van der Waals surface area contributed by atoms with Crippen molar-refractivity contribution in [2.45, 2.75) is 33.5 Å². The van der Waals surface area contributed by atoms with Crippen LogP contribution in [0.1, 0.15) is 35.0 Å². The van der Waals surface area contributed by atoms with E-state index in [2.05, 4.69) is 46.5 Å². The Morgan fingerprint density at radius 3 is 2.56 bits per heavy atom. The minimum absolute atomic E-state index is 0.0938. The SMILES string of the molecule is COc1ccc(CN2Cc3nc(C)c(CO)c(Cl)c3C(I)=C2C)cc1.